The fraction of sp³-hybridized carbons (Fsp3) is 0.167. The monoisotopic (exact) mass is 350 g/mol. The average molecular weight is 350 g/mol. The summed E-state index contributed by atoms with van der Waals surface area (Å²) in [6.07, 6.45) is 1.78. The van der Waals surface area contributed by atoms with E-state index in [2.05, 4.69) is 15.1 Å². The molecule has 0 radical (unpaired) electrons. The number of thiophene rings is 1. The molecule has 0 atom stereocenters. The minimum absolute atomic E-state index is 0.0340. The van der Waals surface area contributed by atoms with Crippen LogP contribution in [-0.2, 0) is 0 Å². The molecule has 1 N–H and O–H groups in total. The van der Waals surface area contributed by atoms with E-state index >= 15 is 0 Å². The third kappa shape index (κ3) is 2.35. The summed E-state index contributed by atoms with van der Waals surface area (Å²) >= 11 is 1.58. The van der Waals surface area contributed by atoms with Crippen molar-refractivity contribution in [3.8, 4) is 10.7 Å². The van der Waals surface area contributed by atoms with Gasteiger partial charge in [-0.3, -0.25) is 4.79 Å². The number of para-hydroxylation sites is 1. The third-order valence-corrected chi connectivity index (χ3v) is 5.39. The summed E-state index contributed by atoms with van der Waals surface area (Å²) in [4.78, 5) is 23.1. The van der Waals surface area contributed by atoms with Crippen LogP contribution in [0.2, 0.25) is 0 Å². The number of likely N-dealkylation sites (tertiary alicyclic amines) is 1. The lowest BCUT2D eigenvalue weighted by molar-refractivity contribution is 0.0571. The standard InChI is InChI=1S/C18H14N4O2S/c23-18(13-8-19-14-5-2-1-4-12(13)14)22-9-11(10-22)17-20-16(21-24-17)15-6-3-7-25-15/h1-8,11,19H,9-10H2. The highest BCUT2D eigenvalue weighted by atomic mass is 32.1. The minimum Gasteiger partial charge on any atom is -0.360 e. The van der Waals surface area contributed by atoms with Gasteiger partial charge in [-0.1, -0.05) is 29.4 Å². The Labute approximate surface area is 147 Å². The number of aromatic amines is 1. The van der Waals surface area contributed by atoms with Gasteiger partial charge in [0.1, 0.15) is 0 Å². The Bertz CT molecular complexity index is 1040. The van der Waals surface area contributed by atoms with Crippen LogP contribution < -0.4 is 0 Å². The molecule has 5 rings (SSSR count). The van der Waals surface area contributed by atoms with Crippen LogP contribution in [0.5, 0.6) is 0 Å². The van der Waals surface area contributed by atoms with Crippen LogP contribution in [0, 0.1) is 0 Å². The lowest BCUT2D eigenvalue weighted by Crippen LogP contribution is -2.48. The number of H-pyrrole nitrogens is 1. The quantitative estimate of drug-likeness (QED) is 0.613. The highest BCUT2D eigenvalue weighted by Crippen LogP contribution is 2.31. The van der Waals surface area contributed by atoms with Crippen LogP contribution in [0.4, 0.5) is 0 Å². The zero-order valence-electron chi connectivity index (χ0n) is 13.2. The molecule has 1 amide bonds. The lowest BCUT2D eigenvalue weighted by atomic mass is 9.98. The number of carbonyl (C=O) groups excluding carboxylic acids is 1. The first kappa shape index (κ1) is 14.4. The smallest absolute Gasteiger partial charge is 0.256 e. The first-order valence-electron chi connectivity index (χ1n) is 8.02. The number of benzene rings is 1. The van der Waals surface area contributed by atoms with E-state index in [0.717, 1.165) is 15.8 Å². The van der Waals surface area contributed by atoms with Gasteiger partial charge in [0.2, 0.25) is 11.7 Å². The molecule has 1 aromatic carbocycles. The molecule has 0 spiro atoms. The molecule has 3 aromatic heterocycles. The molecule has 7 heteroatoms. The number of nitrogens with zero attached hydrogens (tertiary/aromatic N) is 3. The van der Waals surface area contributed by atoms with Crippen molar-refractivity contribution in [2.45, 2.75) is 5.92 Å². The number of carbonyl (C=O) groups is 1. The van der Waals surface area contributed by atoms with Gasteiger partial charge in [0, 0.05) is 30.2 Å². The van der Waals surface area contributed by atoms with E-state index in [9.17, 15) is 4.79 Å². The maximum absolute atomic E-state index is 12.7. The van der Waals surface area contributed by atoms with Crippen molar-refractivity contribution in [2.75, 3.05) is 13.1 Å². The van der Waals surface area contributed by atoms with Crippen LogP contribution >= 0.6 is 11.3 Å². The number of amides is 1. The topological polar surface area (TPSA) is 75.0 Å². The Morgan fingerprint density at radius 1 is 1.24 bits per heavy atom. The molecule has 4 heterocycles. The van der Waals surface area contributed by atoms with Crippen molar-refractivity contribution in [3.63, 3.8) is 0 Å². The van der Waals surface area contributed by atoms with Gasteiger partial charge in [-0.15, -0.1) is 11.3 Å². The first-order chi connectivity index (χ1) is 12.3. The van der Waals surface area contributed by atoms with Crippen LogP contribution in [0.15, 0.2) is 52.5 Å². The fourth-order valence-corrected chi connectivity index (χ4v) is 3.78. The van der Waals surface area contributed by atoms with Crippen LogP contribution in [-0.4, -0.2) is 39.0 Å². The molecule has 1 fully saturated rings. The molecule has 6 nitrogen and oxygen atoms in total. The van der Waals surface area contributed by atoms with Crippen molar-refractivity contribution >= 4 is 28.1 Å². The molecule has 0 bridgehead atoms. The summed E-state index contributed by atoms with van der Waals surface area (Å²) in [6, 6.07) is 11.7. The van der Waals surface area contributed by atoms with Crippen molar-refractivity contribution in [3.05, 3.63) is 59.4 Å². The summed E-state index contributed by atoms with van der Waals surface area (Å²) in [7, 11) is 0. The van der Waals surface area contributed by atoms with E-state index in [1.54, 1.807) is 17.5 Å². The van der Waals surface area contributed by atoms with Gasteiger partial charge < -0.3 is 14.4 Å². The van der Waals surface area contributed by atoms with E-state index in [1.165, 1.54) is 0 Å². The van der Waals surface area contributed by atoms with Crippen LogP contribution in [0.1, 0.15) is 22.2 Å². The Kier molecular flexibility index (Phi) is 3.21. The zero-order valence-corrected chi connectivity index (χ0v) is 14.0. The summed E-state index contributed by atoms with van der Waals surface area (Å²) in [6.45, 7) is 1.20. The van der Waals surface area contributed by atoms with Gasteiger partial charge in [0.15, 0.2) is 0 Å². The van der Waals surface area contributed by atoms with Crippen molar-refractivity contribution in [1.29, 1.82) is 0 Å². The van der Waals surface area contributed by atoms with Crippen LogP contribution in [0.3, 0.4) is 0 Å². The maximum Gasteiger partial charge on any atom is 0.256 e. The first-order valence-corrected chi connectivity index (χ1v) is 8.90. The van der Waals surface area contributed by atoms with Gasteiger partial charge in [-0.05, 0) is 17.5 Å². The second-order valence-electron chi connectivity index (χ2n) is 6.09. The predicted molar refractivity (Wildman–Crippen MR) is 94.6 cm³/mol. The minimum atomic E-state index is 0.0340. The molecule has 0 unspecified atom stereocenters. The average Bonchev–Trinajstić information content (AvgIpc) is 3.33. The van der Waals surface area contributed by atoms with E-state index in [-0.39, 0.29) is 11.8 Å². The lowest BCUT2D eigenvalue weighted by Gasteiger charge is -2.36. The van der Waals surface area contributed by atoms with E-state index < -0.39 is 0 Å². The molecule has 1 aliphatic heterocycles. The molecule has 0 aliphatic carbocycles. The Balaban J connectivity index is 1.31. The predicted octanol–water partition coefficient (Wildman–Crippen LogP) is 3.52. The van der Waals surface area contributed by atoms with E-state index in [1.807, 2.05) is 46.7 Å². The van der Waals surface area contributed by atoms with Gasteiger partial charge >= 0.3 is 0 Å². The van der Waals surface area contributed by atoms with Gasteiger partial charge in [0.05, 0.1) is 16.4 Å². The van der Waals surface area contributed by atoms with Gasteiger partial charge in [-0.25, -0.2) is 0 Å². The number of nitrogens with one attached hydrogen (secondary N) is 1. The molecule has 1 aliphatic rings. The highest BCUT2D eigenvalue weighted by molar-refractivity contribution is 7.13. The molecule has 124 valence electrons. The Morgan fingerprint density at radius 2 is 2.12 bits per heavy atom. The normalized spacial score (nSPS) is 14.8. The second kappa shape index (κ2) is 5.56. The summed E-state index contributed by atoms with van der Waals surface area (Å²) in [5.41, 5.74) is 1.68. The number of fused-ring (bicyclic) bond motifs is 1. The number of aromatic nitrogens is 3. The zero-order chi connectivity index (χ0) is 16.8. The molecule has 25 heavy (non-hydrogen) atoms. The third-order valence-electron chi connectivity index (χ3n) is 4.52. The Morgan fingerprint density at radius 3 is 2.96 bits per heavy atom. The van der Waals surface area contributed by atoms with Crippen molar-refractivity contribution < 1.29 is 9.32 Å². The number of rotatable bonds is 3. The maximum atomic E-state index is 12.7. The van der Waals surface area contributed by atoms with Crippen LogP contribution in [0.25, 0.3) is 21.6 Å². The molecular formula is C18H14N4O2S. The fourth-order valence-electron chi connectivity index (χ4n) is 3.13. The SMILES string of the molecule is O=C(c1c[nH]c2ccccc12)N1CC(c2nc(-c3cccs3)no2)C1. The Hall–Kier alpha value is -2.93. The molecule has 0 saturated carbocycles. The second-order valence-corrected chi connectivity index (χ2v) is 7.04. The van der Waals surface area contributed by atoms with Crippen molar-refractivity contribution in [2.24, 2.45) is 0 Å². The van der Waals surface area contributed by atoms with Gasteiger partial charge in [-0.2, -0.15) is 4.98 Å². The highest BCUT2D eigenvalue weighted by Gasteiger charge is 2.36. The van der Waals surface area contributed by atoms with E-state index in [4.69, 9.17) is 4.52 Å². The summed E-state index contributed by atoms with van der Waals surface area (Å²) < 4.78 is 5.38. The molecule has 4 aromatic rings. The van der Waals surface area contributed by atoms with Crippen molar-refractivity contribution in [1.82, 2.24) is 20.0 Å². The summed E-state index contributed by atoms with van der Waals surface area (Å²) in [5.74, 6) is 1.36. The van der Waals surface area contributed by atoms with E-state index in [0.29, 0.717) is 30.4 Å². The molecule has 1 saturated heterocycles. The number of hydrogen-bond acceptors (Lipinski definition) is 5. The van der Waals surface area contributed by atoms with Gasteiger partial charge in [0.25, 0.3) is 5.91 Å². The summed E-state index contributed by atoms with van der Waals surface area (Å²) in [5, 5.41) is 6.97. The largest absolute Gasteiger partial charge is 0.360 e. The number of hydrogen-bond donors (Lipinski definition) is 1. The molecular weight excluding hydrogens is 336 g/mol.